The summed E-state index contributed by atoms with van der Waals surface area (Å²) in [7, 11) is 0. The number of aromatic nitrogens is 4. The lowest BCUT2D eigenvalue weighted by atomic mass is 10.2. The van der Waals surface area contributed by atoms with Crippen LogP contribution in [0.4, 0.5) is 4.39 Å². The summed E-state index contributed by atoms with van der Waals surface area (Å²) in [5, 5.41) is 9.02. The van der Waals surface area contributed by atoms with Crippen molar-refractivity contribution in [1.29, 1.82) is 0 Å². The van der Waals surface area contributed by atoms with Crippen LogP contribution in [0.2, 0.25) is 0 Å². The minimum Gasteiger partial charge on any atom is -0.476 e. The molecular formula is C12H7FN4O2. The van der Waals surface area contributed by atoms with Gasteiger partial charge >= 0.3 is 5.97 Å². The van der Waals surface area contributed by atoms with Gasteiger partial charge in [0.15, 0.2) is 11.3 Å². The number of halogens is 1. The summed E-state index contributed by atoms with van der Waals surface area (Å²) in [6.07, 6.45) is 7.08. The molecule has 0 aromatic carbocycles. The van der Waals surface area contributed by atoms with Gasteiger partial charge in [-0.05, 0) is 6.07 Å². The Morgan fingerprint density at radius 3 is 2.95 bits per heavy atom. The fourth-order valence-corrected chi connectivity index (χ4v) is 1.76. The van der Waals surface area contributed by atoms with Gasteiger partial charge in [0.2, 0.25) is 0 Å². The van der Waals surface area contributed by atoms with Crippen LogP contribution < -0.4 is 0 Å². The molecule has 0 atom stereocenters. The van der Waals surface area contributed by atoms with Crippen LogP contribution in [0.3, 0.4) is 0 Å². The van der Waals surface area contributed by atoms with Crippen molar-refractivity contribution in [2.75, 3.05) is 0 Å². The zero-order valence-corrected chi connectivity index (χ0v) is 9.49. The van der Waals surface area contributed by atoms with Crippen molar-refractivity contribution in [1.82, 2.24) is 19.4 Å². The number of carboxylic acid groups (broad SMARTS) is 1. The molecule has 0 bridgehead atoms. The van der Waals surface area contributed by atoms with Crippen molar-refractivity contribution in [3.8, 4) is 11.3 Å². The summed E-state index contributed by atoms with van der Waals surface area (Å²) in [5.41, 5.74) is 0.954. The molecule has 0 aliphatic rings. The van der Waals surface area contributed by atoms with Crippen molar-refractivity contribution in [2.45, 2.75) is 0 Å². The molecule has 94 valence electrons. The molecule has 0 amide bonds. The van der Waals surface area contributed by atoms with Crippen molar-refractivity contribution in [3.63, 3.8) is 0 Å². The maximum Gasteiger partial charge on any atom is 0.358 e. The third-order valence-electron chi connectivity index (χ3n) is 2.58. The van der Waals surface area contributed by atoms with E-state index in [0.717, 1.165) is 6.20 Å². The number of hydrogen-bond acceptors (Lipinski definition) is 4. The molecule has 0 saturated carbocycles. The lowest BCUT2D eigenvalue weighted by molar-refractivity contribution is 0.0692. The Kier molecular flexibility index (Phi) is 2.45. The van der Waals surface area contributed by atoms with Gasteiger partial charge in [-0.3, -0.25) is 4.98 Å². The predicted molar refractivity (Wildman–Crippen MR) is 63.1 cm³/mol. The fraction of sp³-hybridized carbons (Fsp3) is 0. The summed E-state index contributed by atoms with van der Waals surface area (Å²) in [4.78, 5) is 22.7. The van der Waals surface area contributed by atoms with E-state index in [-0.39, 0.29) is 11.3 Å². The molecule has 0 fully saturated rings. The van der Waals surface area contributed by atoms with E-state index in [0.29, 0.717) is 11.3 Å². The second kappa shape index (κ2) is 4.13. The molecule has 1 N–H and O–H groups in total. The van der Waals surface area contributed by atoms with Crippen molar-refractivity contribution in [2.24, 2.45) is 0 Å². The standard InChI is InChI=1S/C12H7FN4O2/c13-8-3-7(4-14-5-8)9-6-17-2-1-15-10(12(18)19)11(17)16-9/h1-6H,(H,18,19). The highest BCUT2D eigenvalue weighted by atomic mass is 19.1. The molecule has 19 heavy (non-hydrogen) atoms. The molecule has 7 heteroatoms. The lowest BCUT2D eigenvalue weighted by Gasteiger charge is -1.95. The van der Waals surface area contributed by atoms with Crippen LogP contribution in [0, 0.1) is 5.82 Å². The number of fused-ring (bicyclic) bond motifs is 1. The van der Waals surface area contributed by atoms with Gasteiger partial charge in [0.25, 0.3) is 0 Å². The number of aromatic carboxylic acids is 1. The minimum absolute atomic E-state index is 0.155. The van der Waals surface area contributed by atoms with E-state index < -0.39 is 11.8 Å². The lowest BCUT2D eigenvalue weighted by Crippen LogP contribution is -2.03. The summed E-state index contributed by atoms with van der Waals surface area (Å²) >= 11 is 0. The summed E-state index contributed by atoms with van der Waals surface area (Å²) < 4.78 is 14.6. The smallest absolute Gasteiger partial charge is 0.358 e. The number of nitrogens with zero attached hydrogens (tertiary/aromatic N) is 4. The van der Waals surface area contributed by atoms with Crippen LogP contribution >= 0.6 is 0 Å². The first-order valence-electron chi connectivity index (χ1n) is 5.33. The molecule has 3 heterocycles. The van der Waals surface area contributed by atoms with Crippen LogP contribution in [0.1, 0.15) is 10.5 Å². The Balaban J connectivity index is 2.22. The topological polar surface area (TPSA) is 80.4 Å². The van der Waals surface area contributed by atoms with E-state index in [1.54, 1.807) is 12.4 Å². The van der Waals surface area contributed by atoms with Gasteiger partial charge in [-0.1, -0.05) is 0 Å². The van der Waals surface area contributed by atoms with E-state index >= 15 is 0 Å². The van der Waals surface area contributed by atoms with Crippen LogP contribution in [0.5, 0.6) is 0 Å². The van der Waals surface area contributed by atoms with Crippen LogP contribution in [0.25, 0.3) is 16.9 Å². The van der Waals surface area contributed by atoms with Gasteiger partial charge in [0.1, 0.15) is 5.82 Å². The monoisotopic (exact) mass is 258 g/mol. The Morgan fingerprint density at radius 2 is 2.21 bits per heavy atom. The average molecular weight is 258 g/mol. The Morgan fingerprint density at radius 1 is 1.37 bits per heavy atom. The number of pyridine rings is 1. The molecule has 6 nitrogen and oxygen atoms in total. The third kappa shape index (κ3) is 1.90. The molecule has 0 saturated heterocycles. The van der Waals surface area contributed by atoms with Gasteiger partial charge in [0, 0.05) is 30.4 Å². The molecule has 0 spiro atoms. The maximum absolute atomic E-state index is 13.1. The zero-order chi connectivity index (χ0) is 13.4. The van der Waals surface area contributed by atoms with E-state index in [1.165, 1.54) is 22.9 Å². The van der Waals surface area contributed by atoms with Gasteiger partial charge < -0.3 is 9.51 Å². The third-order valence-corrected chi connectivity index (χ3v) is 2.58. The van der Waals surface area contributed by atoms with E-state index in [4.69, 9.17) is 5.11 Å². The first-order valence-corrected chi connectivity index (χ1v) is 5.33. The number of carboxylic acids is 1. The molecule has 0 aliphatic heterocycles. The quantitative estimate of drug-likeness (QED) is 0.755. The first kappa shape index (κ1) is 11.3. The molecule has 0 unspecified atom stereocenters. The normalized spacial score (nSPS) is 10.8. The number of carbonyl (C=O) groups is 1. The van der Waals surface area contributed by atoms with Crippen molar-refractivity contribution >= 4 is 11.6 Å². The molecule has 0 radical (unpaired) electrons. The summed E-state index contributed by atoms with van der Waals surface area (Å²) in [6, 6.07) is 1.28. The second-order valence-corrected chi connectivity index (χ2v) is 3.83. The number of hydrogen-bond donors (Lipinski definition) is 1. The SMILES string of the molecule is O=C(O)c1nccn2cc(-c3cncc(F)c3)nc12. The highest BCUT2D eigenvalue weighted by molar-refractivity contribution is 5.92. The van der Waals surface area contributed by atoms with Crippen molar-refractivity contribution < 1.29 is 14.3 Å². The van der Waals surface area contributed by atoms with Crippen molar-refractivity contribution in [3.05, 3.63) is 48.6 Å². The zero-order valence-electron chi connectivity index (χ0n) is 9.49. The van der Waals surface area contributed by atoms with Crippen LogP contribution in [-0.2, 0) is 0 Å². The molecule has 3 aromatic rings. The second-order valence-electron chi connectivity index (χ2n) is 3.83. The van der Waals surface area contributed by atoms with Gasteiger partial charge in [-0.2, -0.15) is 0 Å². The molecular weight excluding hydrogens is 251 g/mol. The molecule has 0 aliphatic carbocycles. The fourth-order valence-electron chi connectivity index (χ4n) is 1.76. The Hall–Kier alpha value is -2.83. The highest BCUT2D eigenvalue weighted by Crippen LogP contribution is 2.19. The summed E-state index contributed by atoms with van der Waals surface area (Å²) in [6.45, 7) is 0. The van der Waals surface area contributed by atoms with E-state index in [1.807, 2.05) is 0 Å². The average Bonchev–Trinajstić information content (AvgIpc) is 2.82. The first-order chi connectivity index (χ1) is 9.15. The van der Waals surface area contributed by atoms with Crippen LogP contribution in [-0.4, -0.2) is 30.4 Å². The number of rotatable bonds is 2. The van der Waals surface area contributed by atoms with E-state index in [2.05, 4.69) is 15.0 Å². The van der Waals surface area contributed by atoms with Gasteiger partial charge in [-0.25, -0.2) is 19.2 Å². The predicted octanol–water partition coefficient (Wildman–Crippen LogP) is 1.63. The highest BCUT2D eigenvalue weighted by Gasteiger charge is 2.14. The minimum atomic E-state index is -1.17. The van der Waals surface area contributed by atoms with Gasteiger partial charge in [-0.15, -0.1) is 0 Å². The largest absolute Gasteiger partial charge is 0.476 e. The molecule has 3 rings (SSSR count). The molecule has 3 aromatic heterocycles. The van der Waals surface area contributed by atoms with Gasteiger partial charge in [0.05, 0.1) is 11.9 Å². The van der Waals surface area contributed by atoms with Crippen LogP contribution in [0.15, 0.2) is 37.1 Å². The maximum atomic E-state index is 13.1. The van der Waals surface area contributed by atoms with E-state index in [9.17, 15) is 9.18 Å². The Bertz CT molecular complexity index is 784. The summed E-state index contributed by atoms with van der Waals surface area (Å²) in [5.74, 6) is -1.65. The number of imidazole rings is 1. The Labute approximate surface area is 106 Å².